The minimum Gasteiger partial charge on any atom is -0.507 e. The minimum atomic E-state index is -0.968. The molecule has 176 valence electrons. The van der Waals surface area contributed by atoms with Crippen LogP contribution in [0.25, 0.3) is 16.0 Å². The number of Topliss-reactive ketones (excluding diaryl/α,β-unsaturated/α-hetero) is 1. The molecule has 0 bridgehead atoms. The SMILES string of the molecule is CCOc1ccc2nc(N3C(=O)C(=O)/C(=C(/O)c4ccncc4)C3c3ccc(Cl)c(Cl)c3)sc2c1. The molecule has 1 fully saturated rings. The Balaban J connectivity index is 1.71. The molecule has 35 heavy (non-hydrogen) atoms. The molecule has 3 heterocycles. The summed E-state index contributed by atoms with van der Waals surface area (Å²) < 4.78 is 6.36. The number of benzene rings is 2. The van der Waals surface area contributed by atoms with Gasteiger partial charge in [0, 0.05) is 18.0 Å². The third-order valence-electron chi connectivity index (χ3n) is 5.52. The molecule has 0 spiro atoms. The van der Waals surface area contributed by atoms with Gasteiger partial charge in [0.05, 0.1) is 38.5 Å². The summed E-state index contributed by atoms with van der Waals surface area (Å²) in [6.45, 7) is 2.40. The van der Waals surface area contributed by atoms with Gasteiger partial charge >= 0.3 is 5.91 Å². The predicted octanol–water partition coefficient (Wildman–Crippen LogP) is 6.02. The van der Waals surface area contributed by atoms with Crippen LogP contribution in [0.1, 0.15) is 24.1 Å². The van der Waals surface area contributed by atoms with Crippen molar-refractivity contribution in [3.05, 3.63) is 87.7 Å². The number of anilines is 1. The number of aliphatic hydroxyl groups excluding tert-OH is 1. The van der Waals surface area contributed by atoms with Crippen molar-refractivity contribution in [2.75, 3.05) is 11.5 Å². The zero-order valence-corrected chi connectivity index (χ0v) is 20.6. The summed E-state index contributed by atoms with van der Waals surface area (Å²) in [5.74, 6) is -1.27. The van der Waals surface area contributed by atoms with Crippen molar-refractivity contribution in [2.24, 2.45) is 0 Å². The molecule has 2 aromatic heterocycles. The van der Waals surface area contributed by atoms with Gasteiger partial charge in [0.15, 0.2) is 5.13 Å². The number of halogens is 2. The van der Waals surface area contributed by atoms with Crippen molar-refractivity contribution in [2.45, 2.75) is 13.0 Å². The second-order valence-electron chi connectivity index (χ2n) is 7.64. The van der Waals surface area contributed by atoms with E-state index in [0.717, 1.165) is 4.70 Å². The number of amides is 1. The zero-order chi connectivity index (χ0) is 24.7. The topological polar surface area (TPSA) is 92.6 Å². The van der Waals surface area contributed by atoms with E-state index in [0.29, 0.717) is 39.2 Å². The number of rotatable bonds is 5. The van der Waals surface area contributed by atoms with Gasteiger partial charge < -0.3 is 9.84 Å². The molecule has 1 amide bonds. The maximum atomic E-state index is 13.3. The molecular weight excluding hydrogens is 509 g/mol. The van der Waals surface area contributed by atoms with E-state index >= 15 is 0 Å². The van der Waals surface area contributed by atoms with Crippen molar-refractivity contribution in [1.29, 1.82) is 0 Å². The van der Waals surface area contributed by atoms with Crippen molar-refractivity contribution in [3.63, 3.8) is 0 Å². The van der Waals surface area contributed by atoms with Gasteiger partial charge in [-0.2, -0.15) is 0 Å². The largest absolute Gasteiger partial charge is 0.507 e. The van der Waals surface area contributed by atoms with Gasteiger partial charge in [-0.25, -0.2) is 4.98 Å². The molecule has 5 rings (SSSR count). The molecule has 1 N–H and O–H groups in total. The lowest BCUT2D eigenvalue weighted by atomic mass is 9.95. The minimum absolute atomic E-state index is 0.0751. The van der Waals surface area contributed by atoms with E-state index < -0.39 is 17.7 Å². The van der Waals surface area contributed by atoms with Crippen LogP contribution in [-0.2, 0) is 9.59 Å². The fourth-order valence-corrected chi connectivity index (χ4v) is 5.27. The molecule has 1 saturated heterocycles. The predicted molar refractivity (Wildman–Crippen MR) is 136 cm³/mol. The Bertz CT molecular complexity index is 1500. The van der Waals surface area contributed by atoms with Crippen LogP contribution in [0.5, 0.6) is 5.75 Å². The van der Waals surface area contributed by atoms with E-state index in [1.54, 1.807) is 42.5 Å². The fraction of sp³-hybridized carbons (Fsp3) is 0.120. The summed E-state index contributed by atoms with van der Waals surface area (Å²) in [6, 6.07) is 12.4. The number of hydrogen-bond acceptors (Lipinski definition) is 7. The monoisotopic (exact) mass is 525 g/mol. The first-order valence-corrected chi connectivity index (χ1v) is 12.2. The van der Waals surface area contributed by atoms with Crippen LogP contribution in [0.15, 0.2) is 66.5 Å². The Labute approximate surface area is 214 Å². The van der Waals surface area contributed by atoms with Gasteiger partial charge in [0.2, 0.25) is 0 Å². The molecule has 1 unspecified atom stereocenters. The molecular formula is C25H17Cl2N3O4S. The van der Waals surface area contributed by atoms with Gasteiger partial charge in [-0.15, -0.1) is 0 Å². The first kappa shape index (κ1) is 23.3. The van der Waals surface area contributed by atoms with E-state index in [9.17, 15) is 14.7 Å². The van der Waals surface area contributed by atoms with Gasteiger partial charge in [-0.05, 0) is 55.0 Å². The molecule has 7 nitrogen and oxygen atoms in total. The van der Waals surface area contributed by atoms with Crippen LogP contribution in [-0.4, -0.2) is 33.4 Å². The maximum Gasteiger partial charge on any atom is 0.301 e. The Morgan fingerprint density at radius 1 is 1.09 bits per heavy atom. The molecule has 10 heteroatoms. The smallest absolute Gasteiger partial charge is 0.301 e. The number of thiazole rings is 1. The number of carbonyl (C=O) groups is 2. The highest BCUT2D eigenvalue weighted by Gasteiger charge is 2.48. The summed E-state index contributed by atoms with van der Waals surface area (Å²) in [6.07, 6.45) is 2.98. The number of pyridine rings is 1. The average Bonchev–Trinajstić information content (AvgIpc) is 3.39. The van der Waals surface area contributed by atoms with Crippen molar-refractivity contribution in [3.8, 4) is 5.75 Å². The number of aliphatic hydroxyl groups is 1. The van der Waals surface area contributed by atoms with E-state index in [2.05, 4.69) is 9.97 Å². The molecule has 0 radical (unpaired) electrons. The number of ketones is 1. The highest BCUT2D eigenvalue weighted by Crippen LogP contribution is 2.45. The Kier molecular flexibility index (Phi) is 6.19. The second kappa shape index (κ2) is 9.30. The van der Waals surface area contributed by atoms with Gasteiger partial charge in [0.25, 0.3) is 5.78 Å². The Morgan fingerprint density at radius 2 is 1.86 bits per heavy atom. The first-order valence-electron chi connectivity index (χ1n) is 10.6. The molecule has 1 atom stereocenters. The number of aromatic nitrogens is 2. The molecule has 2 aromatic carbocycles. The molecule has 1 aliphatic heterocycles. The van der Waals surface area contributed by atoms with Crippen LogP contribution in [0, 0.1) is 0 Å². The van der Waals surface area contributed by atoms with Crippen LogP contribution < -0.4 is 9.64 Å². The van der Waals surface area contributed by atoms with Crippen molar-refractivity contribution >= 4 is 67.3 Å². The Morgan fingerprint density at radius 3 is 2.57 bits per heavy atom. The van der Waals surface area contributed by atoms with Crippen LogP contribution in [0.4, 0.5) is 5.13 Å². The standard InChI is InChI=1S/C25H17Cl2N3O4S/c1-2-34-15-4-6-18-19(12-15)35-25(29-18)30-21(14-3-5-16(26)17(27)11-14)20(23(32)24(30)33)22(31)13-7-9-28-10-8-13/h3-12,21,31H,2H2,1H3/b22-20+. The van der Waals surface area contributed by atoms with E-state index in [1.165, 1.54) is 28.6 Å². The lowest BCUT2D eigenvalue weighted by Crippen LogP contribution is -2.29. The van der Waals surface area contributed by atoms with Gasteiger partial charge in [0.1, 0.15) is 11.5 Å². The third kappa shape index (κ3) is 4.14. The third-order valence-corrected chi connectivity index (χ3v) is 7.28. The molecule has 1 aliphatic rings. The summed E-state index contributed by atoms with van der Waals surface area (Å²) in [7, 11) is 0. The van der Waals surface area contributed by atoms with Crippen LogP contribution in [0.3, 0.4) is 0 Å². The van der Waals surface area contributed by atoms with Crippen molar-refractivity contribution < 1.29 is 19.4 Å². The number of fused-ring (bicyclic) bond motifs is 1. The van der Waals surface area contributed by atoms with E-state index in [-0.39, 0.29) is 16.4 Å². The van der Waals surface area contributed by atoms with Crippen LogP contribution >= 0.6 is 34.5 Å². The number of ether oxygens (including phenoxy) is 1. The number of hydrogen-bond donors (Lipinski definition) is 1. The summed E-state index contributed by atoms with van der Waals surface area (Å²) in [5, 5.41) is 12.0. The number of carbonyl (C=O) groups excluding carboxylic acids is 2. The van der Waals surface area contributed by atoms with Crippen molar-refractivity contribution in [1.82, 2.24) is 9.97 Å². The number of nitrogens with zero attached hydrogens (tertiary/aromatic N) is 3. The first-order chi connectivity index (χ1) is 16.9. The summed E-state index contributed by atoms with van der Waals surface area (Å²) >= 11 is 13.6. The maximum absolute atomic E-state index is 13.3. The van der Waals surface area contributed by atoms with Crippen LogP contribution in [0.2, 0.25) is 10.0 Å². The zero-order valence-electron chi connectivity index (χ0n) is 18.2. The summed E-state index contributed by atoms with van der Waals surface area (Å²) in [4.78, 5) is 36.4. The Hall–Kier alpha value is -3.46. The molecule has 4 aromatic rings. The second-order valence-corrected chi connectivity index (χ2v) is 9.46. The highest BCUT2D eigenvalue weighted by molar-refractivity contribution is 7.22. The quantitative estimate of drug-likeness (QED) is 0.194. The van der Waals surface area contributed by atoms with Gasteiger partial charge in [-0.1, -0.05) is 40.6 Å². The van der Waals surface area contributed by atoms with E-state index in [4.69, 9.17) is 27.9 Å². The average molecular weight is 526 g/mol. The lowest BCUT2D eigenvalue weighted by molar-refractivity contribution is -0.132. The fourth-order valence-electron chi connectivity index (χ4n) is 3.95. The summed E-state index contributed by atoms with van der Waals surface area (Å²) in [5.41, 5.74) is 1.43. The van der Waals surface area contributed by atoms with Gasteiger partial charge in [-0.3, -0.25) is 19.5 Å². The molecule has 0 saturated carbocycles. The highest BCUT2D eigenvalue weighted by atomic mass is 35.5. The van der Waals surface area contributed by atoms with E-state index in [1.807, 2.05) is 13.0 Å². The lowest BCUT2D eigenvalue weighted by Gasteiger charge is -2.23. The normalized spacial score (nSPS) is 17.3. The molecule has 0 aliphatic carbocycles.